The molecule has 1 aliphatic rings. The third-order valence-corrected chi connectivity index (χ3v) is 1.86. The number of rotatable bonds is 0. The summed E-state index contributed by atoms with van der Waals surface area (Å²) in [6, 6.07) is 5.66. The van der Waals surface area contributed by atoms with Gasteiger partial charge in [0, 0.05) is 0 Å². The van der Waals surface area contributed by atoms with Crippen LogP contribution in [-0.2, 0) is 0 Å². The van der Waals surface area contributed by atoms with Crippen LogP contribution in [0.25, 0.3) is 0 Å². The molecule has 59 valence electrons. The first-order valence-electron chi connectivity index (χ1n) is 3.67. The summed E-state index contributed by atoms with van der Waals surface area (Å²) in [7, 11) is 0. The van der Waals surface area contributed by atoms with E-state index in [1.807, 2.05) is 25.1 Å². The van der Waals surface area contributed by atoms with Crippen molar-refractivity contribution in [1.29, 1.82) is 0 Å². The van der Waals surface area contributed by atoms with Crippen molar-refractivity contribution in [2.24, 2.45) is 10.2 Å². The van der Waals surface area contributed by atoms with Gasteiger partial charge in [-0.15, -0.1) is 5.11 Å². The first-order chi connectivity index (χ1) is 5.79. The molecule has 3 heteroatoms. The molecule has 2 rings (SSSR count). The van der Waals surface area contributed by atoms with Crippen molar-refractivity contribution in [1.82, 2.24) is 0 Å². The maximum atomic E-state index is 11.2. The molecule has 0 N–H and O–H groups in total. The molecule has 0 bridgehead atoms. The molecular formula is C9H7N2O. The summed E-state index contributed by atoms with van der Waals surface area (Å²) in [4.78, 5) is 11.2. The van der Waals surface area contributed by atoms with Crippen molar-refractivity contribution in [3.63, 3.8) is 0 Å². The van der Waals surface area contributed by atoms with Gasteiger partial charge < -0.3 is 0 Å². The van der Waals surface area contributed by atoms with E-state index < -0.39 is 0 Å². The number of nitrogens with zero attached hydrogens (tertiary/aromatic N) is 2. The molecule has 1 aromatic rings. The van der Waals surface area contributed by atoms with Gasteiger partial charge in [-0.3, -0.25) is 4.79 Å². The summed E-state index contributed by atoms with van der Waals surface area (Å²) >= 11 is 0. The quantitative estimate of drug-likeness (QED) is 0.571. The fourth-order valence-corrected chi connectivity index (χ4v) is 1.28. The number of carbonyl (C=O) groups is 1. The Balaban J connectivity index is 2.66. The van der Waals surface area contributed by atoms with E-state index in [1.54, 1.807) is 6.54 Å². The van der Waals surface area contributed by atoms with E-state index in [9.17, 15) is 4.79 Å². The molecule has 0 aliphatic carbocycles. The van der Waals surface area contributed by atoms with E-state index in [4.69, 9.17) is 0 Å². The number of hydrogen-bond donors (Lipinski definition) is 0. The zero-order chi connectivity index (χ0) is 8.55. The van der Waals surface area contributed by atoms with E-state index in [2.05, 4.69) is 10.2 Å². The average molecular weight is 159 g/mol. The van der Waals surface area contributed by atoms with Gasteiger partial charge in [-0.2, -0.15) is 5.11 Å². The zero-order valence-corrected chi connectivity index (χ0v) is 6.61. The molecule has 1 amide bonds. The summed E-state index contributed by atoms with van der Waals surface area (Å²) in [5.74, 6) is -0.245. The Bertz CT molecular complexity index is 369. The van der Waals surface area contributed by atoms with Gasteiger partial charge in [0.05, 0.1) is 5.56 Å². The summed E-state index contributed by atoms with van der Waals surface area (Å²) in [6.45, 7) is 3.50. The normalized spacial score (nSPS) is 14.6. The fraction of sp³-hybridized carbons (Fsp3) is 0.111. The molecule has 0 spiro atoms. The summed E-state index contributed by atoms with van der Waals surface area (Å²) < 4.78 is 0. The van der Waals surface area contributed by atoms with Crippen LogP contribution >= 0.6 is 0 Å². The van der Waals surface area contributed by atoms with E-state index in [0.29, 0.717) is 5.56 Å². The van der Waals surface area contributed by atoms with Crippen LogP contribution in [0.3, 0.4) is 0 Å². The number of hydrogen-bond acceptors (Lipinski definition) is 2. The topological polar surface area (TPSA) is 41.8 Å². The number of azo groups is 1. The second-order valence-corrected chi connectivity index (χ2v) is 2.69. The van der Waals surface area contributed by atoms with E-state index in [0.717, 1.165) is 11.1 Å². The van der Waals surface area contributed by atoms with Crippen LogP contribution in [0.15, 0.2) is 28.4 Å². The highest BCUT2D eigenvalue weighted by Gasteiger charge is 2.16. The summed E-state index contributed by atoms with van der Waals surface area (Å²) in [5.41, 5.74) is 2.48. The van der Waals surface area contributed by atoms with Gasteiger partial charge in [0.2, 0.25) is 0 Å². The van der Waals surface area contributed by atoms with Gasteiger partial charge in [0.1, 0.15) is 6.54 Å². The lowest BCUT2D eigenvalue weighted by atomic mass is 10.0. The zero-order valence-electron chi connectivity index (χ0n) is 6.61. The number of carbonyl (C=O) groups excluding carboxylic acids is 1. The van der Waals surface area contributed by atoms with Crippen molar-refractivity contribution in [2.45, 2.75) is 6.92 Å². The van der Waals surface area contributed by atoms with Crippen LogP contribution in [0, 0.1) is 13.5 Å². The lowest BCUT2D eigenvalue weighted by Crippen LogP contribution is -2.05. The Morgan fingerprint density at radius 1 is 1.33 bits per heavy atom. The van der Waals surface area contributed by atoms with E-state index in [-0.39, 0.29) is 5.91 Å². The van der Waals surface area contributed by atoms with Gasteiger partial charge in [-0.05, 0) is 18.1 Å². The van der Waals surface area contributed by atoms with Crippen LogP contribution < -0.4 is 0 Å². The second kappa shape index (κ2) is 2.52. The third-order valence-electron chi connectivity index (χ3n) is 1.86. The molecule has 0 saturated heterocycles. The number of benzene rings is 1. The second-order valence-electron chi connectivity index (χ2n) is 2.69. The van der Waals surface area contributed by atoms with E-state index >= 15 is 0 Å². The number of amides is 1. The smallest absolute Gasteiger partial charge is 0.265 e. The van der Waals surface area contributed by atoms with Crippen molar-refractivity contribution in [2.75, 3.05) is 0 Å². The summed E-state index contributed by atoms with van der Waals surface area (Å²) in [5, 5.41) is 7.05. The molecule has 0 aromatic heterocycles. The molecule has 3 nitrogen and oxygen atoms in total. The van der Waals surface area contributed by atoms with Crippen molar-refractivity contribution >= 4 is 5.91 Å². The molecule has 1 radical (unpaired) electrons. The molecule has 0 unspecified atom stereocenters. The predicted molar refractivity (Wildman–Crippen MR) is 43.8 cm³/mol. The molecule has 1 aliphatic heterocycles. The Kier molecular flexibility index (Phi) is 1.50. The van der Waals surface area contributed by atoms with Gasteiger partial charge >= 0.3 is 0 Å². The molecule has 12 heavy (non-hydrogen) atoms. The minimum absolute atomic E-state index is 0.245. The predicted octanol–water partition coefficient (Wildman–Crippen LogP) is 2.11. The monoisotopic (exact) mass is 159 g/mol. The van der Waals surface area contributed by atoms with Gasteiger partial charge in [-0.1, -0.05) is 18.2 Å². The molecule has 1 aromatic carbocycles. The Morgan fingerprint density at radius 3 is 2.92 bits per heavy atom. The van der Waals surface area contributed by atoms with Crippen LogP contribution in [0.4, 0.5) is 0 Å². The van der Waals surface area contributed by atoms with Crippen LogP contribution in [0.2, 0.25) is 0 Å². The molecule has 0 atom stereocenters. The maximum absolute atomic E-state index is 11.2. The standard InChI is InChI=1S/C9H7N2O/c1-6-3-2-4-7-5-10-11-9(12)8(6)7/h2-5H,1H3. The lowest BCUT2D eigenvalue weighted by molar-refractivity contribution is 0.0990. The molecular weight excluding hydrogens is 152 g/mol. The van der Waals surface area contributed by atoms with Crippen molar-refractivity contribution in [3.8, 4) is 0 Å². The lowest BCUT2D eigenvalue weighted by Gasteiger charge is -2.09. The third kappa shape index (κ3) is 0.942. The first kappa shape index (κ1) is 7.16. The van der Waals surface area contributed by atoms with E-state index in [1.165, 1.54) is 0 Å². The summed E-state index contributed by atoms with van der Waals surface area (Å²) in [6.07, 6.45) is 0. The van der Waals surface area contributed by atoms with Crippen LogP contribution in [0.5, 0.6) is 0 Å². The van der Waals surface area contributed by atoms with Gasteiger partial charge in [-0.25, -0.2) is 0 Å². The average Bonchev–Trinajstić information content (AvgIpc) is 2.04. The Hall–Kier alpha value is -1.51. The maximum Gasteiger partial charge on any atom is 0.295 e. The SMILES string of the molecule is Cc1cccc2c1C(=O)N=N[CH]2. The van der Waals surface area contributed by atoms with Crippen LogP contribution in [-0.4, -0.2) is 5.91 Å². The minimum Gasteiger partial charge on any atom is -0.265 e. The minimum atomic E-state index is -0.245. The van der Waals surface area contributed by atoms with Crippen molar-refractivity contribution < 1.29 is 4.79 Å². The highest BCUT2D eigenvalue weighted by Crippen LogP contribution is 2.21. The highest BCUT2D eigenvalue weighted by molar-refractivity contribution is 5.98. The molecule has 0 fully saturated rings. The van der Waals surface area contributed by atoms with Gasteiger partial charge in [0.25, 0.3) is 5.91 Å². The first-order valence-corrected chi connectivity index (χ1v) is 3.67. The molecule has 1 heterocycles. The molecule has 0 saturated carbocycles. The van der Waals surface area contributed by atoms with Crippen LogP contribution in [0.1, 0.15) is 21.5 Å². The highest BCUT2D eigenvalue weighted by atomic mass is 16.1. The van der Waals surface area contributed by atoms with Crippen molar-refractivity contribution in [3.05, 3.63) is 41.4 Å². The Morgan fingerprint density at radius 2 is 2.17 bits per heavy atom. The van der Waals surface area contributed by atoms with Gasteiger partial charge in [0.15, 0.2) is 0 Å². The largest absolute Gasteiger partial charge is 0.295 e. The number of aryl methyl sites for hydroxylation is 1. The Labute approximate surface area is 70.1 Å². The fourth-order valence-electron chi connectivity index (χ4n) is 1.28. The number of fused-ring (bicyclic) bond motifs is 1.